The van der Waals surface area contributed by atoms with Gasteiger partial charge in [0.25, 0.3) is 0 Å². The number of carboxylic acids is 1. The van der Waals surface area contributed by atoms with Crippen LogP contribution in [-0.4, -0.2) is 12.6 Å². The number of hydrogen-bond donors (Lipinski definition) is 0. The summed E-state index contributed by atoms with van der Waals surface area (Å²) in [6.07, 6.45) is 4.15. The molecule has 1 aliphatic rings. The Morgan fingerprint density at radius 3 is 2.89 bits per heavy atom. The summed E-state index contributed by atoms with van der Waals surface area (Å²) >= 11 is 0. The highest BCUT2D eigenvalue weighted by atomic mass is 16.5. The summed E-state index contributed by atoms with van der Waals surface area (Å²) in [6.45, 7) is 0.319. The molecule has 0 bridgehead atoms. The van der Waals surface area contributed by atoms with E-state index >= 15 is 0 Å². The summed E-state index contributed by atoms with van der Waals surface area (Å²) in [4.78, 5) is 10.1. The van der Waals surface area contributed by atoms with Crippen LogP contribution in [-0.2, 0) is 9.53 Å². The van der Waals surface area contributed by atoms with Crippen molar-refractivity contribution in [1.29, 1.82) is 0 Å². The Morgan fingerprint density at radius 2 is 2.56 bits per heavy atom. The predicted molar refractivity (Wildman–Crippen MR) is 28.2 cm³/mol. The van der Waals surface area contributed by atoms with Crippen molar-refractivity contribution in [3.05, 3.63) is 24.0 Å². The normalized spacial score (nSPS) is 16.2. The van der Waals surface area contributed by atoms with E-state index in [0.717, 1.165) is 0 Å². The van der Waals surface area contributed by atoms with Crippen LogP contribution in [0, 0.1) is 0 Å². The summed E-state index contributed by atoms with van der Waals surface area (Å²) in [5.74, 6) is -1.16. The van der Waals surface area contributed by atoms with Gasteiger partial charge >= 0.3 is 0 Å². The lowest BCUT2D eigenvalue weighted by molar-refractivity contribution is -0.298. The van der Waals surface area contributed by atoms with E-state index in [2.05, 4.69) is 0 Å². The number of carbonyl (C=O) groups is 1. The molecule has 3 heteroatoms. The molecule has 0 spiro atoms. The van der Waals surface area contributed by atoms with Crippen molar-refractivity contribution in [2.45, 2.75) is 0 Å². The topological polar surface area (TPSA) is 49.4 Å². The Bertz CT molecular complexity index is 179. The van der Waals surface area contributed by atoms with Crippen LogP contribution < -0.4 is 5.11 Å². The maximum Gasteiger partial charge on any atom is 0.106 e. The highest BCUT2D eigenvalue weighted by Crippen LogP contribution is 2.00. The van der Waals surface area contributed by atoms with Crippen LogP contribution in [0.2, 0.25) is 0 Å². The number of aliphatic carboxylic acids is 1. The molecular weight excluding hydrogens is 120 g/mol. The average molecular weight is 125 g/mol. The van der Waals surface area contributed by atoms with Crippen molar-refractivity contribution < 1.29 is 14.6 Å². The highest BCUT2D eigenvalue weighted by Gasteiger charge is 1.95. The second-order valence-electron chi connectivity index (χ2n) is 1.58. The molecule has 0 aromatic heterocycles. The number of carbonyl (C=O) groups excluding carboxylic acids is 1. The minimum absolute atomic E-state index is 0.182. The zero-order valence-corrected chi connectivity index (χ0v) is 4.66. The number of carboxylic acid groups (broad SMARTS) is 1. The smallest absolute Gasteiger partial charge is 0.106 e. The fourth-order valence-corrected chi connectivity index (χ4v) is 0.534. The molecule has 1 rings (SSSR count). The van der Waals surface area contributed by atoms with E-state index in [9.17, 15) is 9.90 Å². The lowest BCUT2D eigenvalue weighted by Gasteiger charge is -2.07. The maximum absolute atomic E-state index is 10.1. The first kappa shape index (κ1) is 5.88. The zero-order chi connectivity index (χ0) is 6.69. The molecule has 3 nitrogen and oxygen atoms in total. The van der Waals surface area contributed by atoms with E-state index in [0.29, 0.717) is 6.61 Å². The van der Waals surface area contributed by atoms with E-state index < -0.39 is 5.97 Å². The lowest BCUT2D eigenvalue weighted by atomic mass is 10.2. The van der Waals surface area contributed by atoms with Crippen LogP contribution in [0.15, 0.2) is 24.0 Å². The van der Waals surface area contributed by atoms with Gasteiger partial charge in [0, 0.05) is 0 Å². The molecular formula is C6H5O3-. The molecule has 9 heavy (non-hydrogen) atoms. The molecule has 1 aliphatic heterocycles. The van der Waals surface area contributed by atoms with Gasteiger partial charge in [0.2, 0.25) is 0 Å². The molecule has 0 radical (unpaired) electrons. The van der Waals surface area contributed by atoms with Gasteiger partial charge in [-0.2, -0.15) is 0 Å². The molecule has 0 aromatic carbocycles. The van der Waals surface area contributed by atoms with E-state index in [1.54, 1.807) is 0 Å². The first-order valence-corrected chi connectivity index (χ1v) is 2.50. The average Bonchev–Trinajstić information content (AvgIpc) is 1.90. The third-order valence-electron chi connectivity index (χ3n) is 0.979. The number of rotatable bonds is 1. The standard InChI is InChI=1S/C6H6O3/c7-6(8)5-1-3-9-4-2-5/h1-3H,4H2,(H,7,8)/p-1. The Kier molecular flexibility index (Phi) is 1.53. The molecule has 0 aromatic rings. The minimum atomic E-state index is -1.16. The van der Waals surface area contributed by atoms with Gasteiger partial charge in [0.1, 0.15) is 6.61 Å². The van der Waals surface area contributed by atoms with Crippen molar-refractivity contribution in [3.8, 4) is 0 Å². The predicted octanol–water partition coefficient (Wildman–Crippen LogP) is -0.793. The van der Waals surface area contributed by atoms with Gasteiger partial charge in [-0.15, -0.1) is 0 Å². The first-order valence-electron chi connectivity index (χ1n) is 2.50. The number of hydrogen-bond acceptors (Lipinski definition) is 3. The van der Waals surface area contributed by atoms with Crippen LogP contribution in [0.25, 0.3) is 0 Å². The Hall–Kier alpha value is -1.25. The van der Waals surface area contributed by atoms with Crippen LogP contribution in [0.4, 0.5) is 0 Å². The van der Waals surface area contributed by atoms with Gasteiger partial charge < -0.3 is 14.6 Å². The molecule has 0 fully saturated rings. The highest BCUT2D eigenvalue weighted by molar-refractivity contribution is 5.88. The van der Waals surface area contributed by atoms with Crippen LogP contribution >= 0.6 is 0 Å². The Morgan fingerprint density at radius 1 is 1.78 bits per heavy atom. The van der Waals surface area contributed by atoms with E-state index in [1.807, 2.05) is 0 Å². The van der Waals surface area contributed by atoms with Crippen LogP contribution in [0.1, 0.15) is 0 Å². The van der Waals surface area contributed by atoms with Gasteiger partial charge in [-0.1, -0.05) is 0 Å². The lowest BCUT2D eigenvalue weighted by Crippen LogP contribution is -2.24. The monoisotopic (exact) mass is 125 g/mol. The fraction of sp³-hybridized carbons (Fsp3) is 0.167. The van der Waals surface area contributed by atoms with Gasteiger partial charge in [-0.25, -0.2) is 0 Å². The second-order valence-corrected chi connectivity index (χ2v) is 1.58. The maximum atomic E-state index is 10.1. The van der Waals surface area contributed by atoms with Crippen LogP contribution in [0.5, 0.6) is 0 Å². The van der Waals surface area contributed by atoms with Gasteiger partial charge in [0.05, 0.1) is 12.2 Å². The minimum Gasteiger partial charge on any atom is -0.545 e. The van der Waals surface area contributed by atoms with Gasteiger partial charge in [0.15, 0.2) is 0 Å². The first-order chi connectivity index (χ1) is 4.30. The molecule has 0 atom stereocenters. The summed E-state index contributed by atoms with van der Waals surface area (Å²) in [5.41, 5.74) is 0.182. The van der Waals surface area contributed by atoms with Crippen LogP contribution in [0.3, 0.4) is 0 Å². The molecule has 0 amide bonds. The molecule has 0 saturated carbocycles. The van der Waals surface area contributed by atoms with Crippen molar-refractivity contribution in [3.63, 3.8) is 0 Å². The molecule has 0 saturated heterocycles. The third-order valence-corrected chi connectivity index (χ3v) is 0.979. The summed E-state index contributed by atoms with van der Waals surface area (Å²) in [7, 11) is 0. The molecule has 0 unspecified atom stereocenters. The van der Waals surface area contributed by atoms with Crippen molar-refractivity contribution in [1.82, 2.24) is 0 Å². The van der Waals surface area contributed by atoms with Gasteiger partial charge in [-0.05, 0) is 17.7 Å². The zero-order valence-electron chi connectivity index (χ0n) is 4.66. The quantitative estimate of drug-likeness (QED) is 0.461. The molecule has 48 valence electrons. The third kappa shape index (κ3) is 1.32. The van der Waals surface area contributed by atoms with E-state index in [-0.39, 0.29) is 5.57 Å². The molecule has 0 aliphatic carbocycles. The van der Waals surface area contributed by atoms with E-state index in [1.165, 1.54) is 18.4 Å². The van der Waals surface area contributed by atoms with Gasteiger partial charge in [-0.3, -0.25) is 0 Å². The van der Waals surface area contributed by atoms with E-state index in [4.69, 9.17) is 4.74 Å². The fourth-order valence-electron chi connectivity index (χ4n) is 0.534. The Labute approximate surface area is 52.2 Å². The van der Waals surface area contributed by atoms with Crippen molar-refractivity contribution in [2.75, 3.05) is 6.61 Å². The summed E-state index contributed by atoms with van der Waals surface area (Å²) in [6, 6.07) is 0. The SMILES string of the molecule is O=C([O-])C1=CCOC=C1. The Balaban J connectivity index is 2.69. The van der Waals surface area contributed by atoms with Crippen molar-refractivity contribution in [2.24, 2.45) is 0 Å². The van der Waals surface area contributed by atoms with Crippen molar-refractivity contribution >= 4 is 5.97 Å². The summed E-state index contributed by atoms with van der Waals surface area (Å²) in [5, 5.41) is 10.1. The number of ether oxygens (including phenoxy) is 1. The molecule has 1 heterocycles. The molecule has 0 N–H and O–H groups in total. The summed E-state index contributed by atoms with van der Waals surface area (Å²) < 4.78 is 4.70. The largest absolute Gasteiger partial charge is 0.545 e. The second kappa shape index (κ2) is 2.35.